The van der Waals surface area contributed by atoms with Crippen molar-refractivity contribution < 1.29 is 4.79 Å². The van der Waals surface area contributed by atoms with Gasteiger partial charge in [0.15, 0.2) is 5.82 Å². The highest BCUT2D eigenvalue weighted by Gasteiger charge is 2.27. The van der Waals surface area contributed by atoms with Crippen molar-refractivity contribution in [3.63, 3.8) is 0 Å². The van der Waals surface area contributed by atoms with Crippen molar-refractivity contribution in [3.8, 4) is 0 Å². The molecule has 0 bridgehead atoms. The number of nitrogens with zero attached hydrogens (tertiary/aromatic N) is 2. The SMILES string of the molecule is Nc1cc(C(=O)Nc2ncccc2Cl)n(C2CC2)c1. The molecule has 0 radical (unpaired) electrons. The number of nitrogens with two attached hydrogens (primary N) is 1. The smallest absolute Gasteiger partial charge is 0.273 e. The van der Waals surface area contributed by atoms with Crippen LogP contribution in [0, 0.1) is 0 Å². The van der Waals surface area contributed by atoms with E-state index in [4.69, 9.17) is 17.3 Å². The van der Waals surface area contributed by atoms with E-state index >= 15 is 0 Å². The van der Waals surface area contributed by atoms with E-state index in [-0.39, 0.29) is 5.91 Å². The Bertz CT molecular complexity index is 633. The van der Waals surface area contributed by atoms with Gasteiger partial charge < -0.3 is 15.6 Å². The number of nitrogens with one attached hydrogen (secondary N) is 1. The molecule has 0 aliphatic heterocycles. The number of anilines is 2. The van der Waals surface area contributed by atoms with E-state index in [1.807, 2.05) is 4.57 Å². The molecule has 0 atom stereocenters. The number of rotatable bonds is 3. The summed E-state index contributed by atoms with van der Waals surface area (Å²) in [7, 11) is 0. The Morgan fingerprint density at radius 2 is 2.32 bits per heavy atom. The number of carbonyl (C=O) groups excluding carboxylic acids is 1. The number of hydrogen-bond acceptors (Lipinski definition) is 3. The van der Waals surface area contributed by atoms with E-state index in [0.29, 0.717) is 28.3 Å². The van der Waals surface area contributed by atoms with Crippen molar-refractivity contribution in [1.29, 1.82) is 0 Å². The van der Waals surface area contributed by atoms with E-state index in [0.717, 1.165) is 12.8 Å². The summed E-state index contributed by atoms with van der Waals surface area (Å²) >= 11 is 5.97. The second-order valence-electron chi connectivity index (χ2n) is 4.59. The van der Waals surface area contributed by atoms with Crippen molar-refractivity contribution in [3.05, 3.63) is 41.3 Å². The lowest BCUT2D eigenvalue weighted by Gasteiger charge is -2.08. The average molecular weight is 277 g/mol. The van der Waals surface area contributed by atoms with Gasteiger partial charge in [-0.05, 0) is 31.0 Å². The van der Waals surface area contributed by atoms with Crippen molar-refractivity contribution in [2.24, 2.45) is 0 Å². The minimum absolute atomic E-state index is 0.246. The second-order valence-corrected chi connectivity index (χ2v) is 4.99. The molecule has 1 saturated carbocycles. The van der Waals surface area contributed by atoms with Gasteiger partial charge in [0.1, 0.15) is 5.69 Å². The molecule has 1 aliphatic rings. The van der Waals surface area contributed by atoms with E-state index in [1.165, 1.54) is 0 Å². The largest absolute Gasteiger partial charge is 0.397 e. The summed E-state index contributed by atoms with van der Waals surface area (Å²) in [5, 5.41) is 3.12. The maximum absolute atomic E-state index is 12.2. The molecular formula is C13H13ClN4O. The van der Waals surface area contributed by atoms with Crippen LogP contribution in [0.2, 0.25) is 5.02 Å². The van der Waals surface area contributed by atoms with Gasteiger partial charge in [0.25, 0.3) is 5.91 Å². The van der Waals surface area contributed by atoms with Gasteiger partial charge in [0, 0.05) is 18.4 Å². The highest BCUT2D eigenvalue weighted by molar-refractivity contribution is 6.33. The van der Waals surface area contributed by atoms with E-state index in [9.17, 15) is 4.79 Å². The highest BCUT2D eigenvalue weighted by atomic mass is 35.5. The van der Waals surface area contributed by atoms with Crippen molar-refractivity contribution in [2.75, 3.05) is 11.1 Å². The summed E-state index contributed by atoms with van der Waals surface area (Å²) in [4.78, 5) is 16.3. The minimum Gasteiger partial charge on any atom is -0.397 e. The topological polar surface area (TPSA) is 72.9 Å². The molecule has 2 aromatic rings. The molecule has 98 valence electrons. The normalized spacial score (nSPS) is 14.4. The predicted molar refractivity (Wildman–Crippen MR) is 74.3 cm³/mol. The number of aromatic nitrogens is 2. The molecule has 2 heterocycles. The number of halogens is 1. The Balaban J connectivity index is 1.86. The predicted octanol–water partition coefficient (Wildman–Crippen LogP) is 2.71. The maximum atomic E-state index is 12.2. The number of pyridine rings is 1. The Kier molecular flexibility index (Phi) is 2.91. The van der Waals surface area contributed by atoms with Crippen LogP contribution in [0.15, 0.2) is 30.6 Å². The monoisotopic (exact) mass is 276 g/mol. The van der Waals surface area contributed by atoms with Crippen molar-refractivity contribution >= 4 is 29.0 Å². The molecule has 19 heavy (non-hydrogen) atoms. The molecule has 1 fully saturated rings. The minimum atomic E-state index is -0.246. The van der Waals surface area contributed by atoms with Gasteiger partial charge in [-0.2, -0.15) is 0 Å². The molecule has 0 saturated heterocycles. The van der Waals surface area contributed by atoms with Crippen molar-refractivity contribution in [2.45, 2.75) is 18.9 Å². The van der Waals surface area contributed by atoms with Gasteiger partial charge in [0.2, 0.25) is 0 Å². The zero-order chi connectivity index (χ0) is 13.4. The summed E-state index contributed by atoms with van der Waals surface area (Å²) in [6.07, 6.45) is 5.54. The van der Waals surface area contributed by atoms with Crippen LogP contribution in [0.3, 0.4) is 0 Å². The molecule has 0 spiro atoms. The third-order valence-corrected chi connectivity index (χ3v) is 3.34. The van der Waals surface area contributed by atoms with Crippen LogP contribution >= 0.6 is 11.6 Å². The molecule has 6 heteroatoms. The van der Waals surface area contributed by atoms with Gasteiger partial charge in [-0.1, -0.05) is 11.6 Å². The van der Waals surface area contributed by atoms with Gasteiger partial charge in [-0.3, -0.25) is 4.79 Å². The number of nitrogen functional groups attached to an aromatic ring is 1. The van der Waals surface area contributed by atoms with Crippen LogP contribution in [0.25, 0.3) is 0 Å². The fourth-order valence-corrected chi connectivity index (χ4v) is 2.16. The lowest BCUT2D eigenvalue weighted by molar-refractivity contribution is 0.101. The Morgan fingerprint density at radius 3 is 3.00 bits per heavy atom. The van der Waals surface area contributed by atoms with Crippen LogP contribution in [0.4, 0.5) is 11.5 Å². The zero-order valence-corrected chi connectivity index (χ0v) is 10.9. The highest BCUT2D eigenvalue weighted by Crippen LogP contribution is 2.37. The number of hydrogen-bond donors (Lipinski definition) is 2. The fourth-order valence-electron chi connectivity index (χ4n) is 1.99. The number of carbonyl (C=O) groups is 1. The Morgan fingerprint density at radius 1 is 1.53 bits per heavy atom. The molecular weight excluding hydrogens is 264 g/mol. The molecule has 1 aliphatic carbocycles. The summed E-state index contributed by atoms with van der Waals surface area (Å²) in [5.41, 5.74) is 6.89. The lowest BCUT2D eigenvalue weighted by Crippen LogP contribution is -2.17. The van der Waals surface area contributed by atoms with Crippen LogP contribution in [-0.2, 0) is 0 Å². The average Bonchev–Trinajstić information content (AvgIpc) is 3.15. The zero-order valence-electron chi connectivity index (χ0n) is 10.1. The van der Waals surface area contributed by atoms with Gasteiger partial charge in [-0.15, -0.1) is 0 Å². The van der Waals surface area contributed by atoms with Crippen LogP contribution in [0.5, 0.6) is 0 Å². The molecule has 2 aromatic heterocycles. The Labute approximate surface area is 115 Å². The van der Waals surface area contributed by atoms with E-state index in [2.05, 4.69) is 10.3 Å². The molecule has 5 nitrogen and oxygen atoms in total. The molecule has 1 amide bonds. The Hall–Kier alpha value is -2.01. The summed E-state index contributed by atoms with van der Waals surface area (Å²) in [6.45, 7) is 0. The van der Waals surface area contributed by atoms with Crippen LogP contribution in [-0.4, -0.2) is 15.5 Å². The maximum Gasteiger partial charge on any atom is 0.273 e. The quantitative estimate of drug-likeness (QED) is 0.905. The third kappa shape index (κ3) is 2.42. The van der Waals surface area contributed by atoms with Crippen LogP contribution < -0.4 is 11.1 Å². The third-order valence-electron chi connectivity index (χ3n) is 3.03. The lowest BCUT2D eigenvalue weighted by atomic mass is 10.3. The molecule has 0 unspecified atom stereocenters. The first kappa shape index (κ1) is 12.0. The van der Waals surface area contributed by atoms with E-state index in [1.54, 1.807) is 30.6 Å². The summed E-state index contributed by atoms with van der Waals surface area (Å²) in [5.74, 6) is 0.112. The van der Waals surface area contributed by atoms with Crippen molar-refractivity contribution in [1.82, 2.24) is 9.55 Å². The van der Waals surface area contributed by atoms with Gasteiger partial charge in [0.05, 0.1) is 10.7 Å². The fraction of sp³-hybridized carbons (Fsp3) is 0.231. The molecule has 0 aromatic carbocycles. The number of amides is 1. The van der Waals surface area contributed by atoms with Crippen LogP contribution in [0.1, 0.15) is 29.4 Å². The first-order valence-electron chi connectivity index (χ1n) is 6.04. The van der Waals surface area contributed by atoms with E-state index < -0.39 is 0 Å². The first-order chi connectivity index (χ1) is 9.15. The summed E-state index contributed by atoms with van der Waals surface area (Å²) < 4.78 is 1.92. The summed E-state index contributed by atoms with van der Waals surface area (Å²) in [6, 6.07) is 5.45. The second kappa shape index (κ2) is 4.59. The first-order valence-corrected chi connectivity index (χ1v) is 6.42. The van der Waals surface area contributed by atoms with Gasteiger partial charge >= 0.3 is 0 Å². The van der Waals surface area contributed by atoms with Gasteiger partial charge in [-0.25, -0.2) is 4.98 Å². The molecule has 3 rings (SSSR count). The standard InChI is InChI=1S/C13H13ClN4O/c14-10-2-1-5-16-12(10)17-13(19)11-6-8(15)7-18(11)9-3-4-9/h1-2,5-7,9H,3-4,15H2,(H,16,17,19). The molecule has 3 N–H and O–H groups in total.